The highest BCUT2D eigenvalue weighted by molar-refractivity contribution is 5.93. The number of rotatable bonds is 4. The first kappa shape index (κ1) is 14.0. The zero-order valence-electron chi connectivity index (χ0n) is 12.0. The molecule has 0 fully saturated rings. The van der Waals surface area contributed by atoms with Gasteiger partial charge in [-0.25, -0.2) is 0 Å². The number of amides is 1. The molecule has 0 radical (unpaired) electrons. The second kappa shape index (κ2) is 5.47. The lowest BCUT2D eigenvalue weighted by atomic mass is 9.94. The zero-order chi connectivity index (χ0) is 15.0. The van der Waals surface area contributed by atoms with Crippen LogP contribution in [0.3, 0.4) is 0 Å². The van der Waals surface area contributed by atoms with Crippen molar-refractivity contribution in [2.24, 2.45) is 0 Å². The molecule has 4 heteroatoms. The molecule has 2 aromatic rings. The fraction of sp³-hybridized carbons (Fsp3) is 0.353. The first-order valence-corrected chi connectivity index (χ1v) is 7.22. The lowest BCUT2D eigenvalue weighted by molar-refractivity contribution is -0.119. The number of aryl methyl sites for hydroxylation is 2. The third-order valence-electron chi connectivity index (χ3n) is 4.15. The van der Waals surface area contributed by atoms with E-state index in [4.69, 9.17) is 0 Å². The molecule has 2 aromatic carbocycles. The van der Waals surface area contributed by atoms with Gasteiger partial charge in [-0.15, -0.1) is 0 Å². The molecule has 2 atom stereocenters. The number of aliphatic hydroxyl groups is 2. The lowest BCUT2D eigenvalue weighted by Gasteiger charge is -2.20. The van der Waals surface area contributed by atoms with Crippen LogP contribution < -0.4 is 5.32 Å². The molecule has 4 nitrogen and oxygen atoms in total. The van der Waals surface area contributed by atoms with Gasteiger partial charge in [0.1, 0.15) is 12.2 Å². The molecule has 0 bridgehead atoms. The van der Waals surface area contributed by atoms with Crippen LogP contribution in [0.15, 0.2) is 30.3 Å². The smallest absolute Gasteiger partial charge is 0.216 e. The summed E-state index contributed by atoms with van der Waals surface area (Å²) in [5.74, 6) is -0.221. The summed E-state index contributed by atoms with van der Waals surface area (Å²) in [7, 11) is 0. The van der Waals surface area contributed by atoms with Crippen molar-refractivity contribution in [2.45, 2.75) is 32.0 Å². The van der Waals surface area contributed by atoms with Crippen molar-refractivity contribution in [2.75, 3.05) is 6.54 Å². The van der Waals surface area contributed by atoms with Crippen LogP contribution >= 0.6 is 0 Å². The summed E-state index contributed by atoms with van der Waals surface area (Å²) in [6.45, 7) is 1.43. The van der Waals surface area contributed by atoms with Crippen molar-refractivity contribution in [3.05, 3.63) is 47.0 Å². The van der Waals surface area contributed by atoms with E-state index >= 15 is 0 Å². The Hall–Kier alpha value is -1.91. The van der Waals surface area contributed by atoms with Gasteiger partial charge in [-0.1, -0.05) is 30.3 Å². The van der Waals surface area contributed by atoms with E-state index in [9.17, 15) is 15.0 Å². The van der Waals surface area contributed by atoms with E-state index in [0.29, 0.717) is 0 Å². The number of aliphatic hydroxyl groups excluding tert-OH is 2. The number of benzene rings is 2. The van der Waals surface area contributed by atoms with E-state index in [-0.39, 0.29) is 12.5 Å². The topological polar surface area (TPSA) is 69.6 Å². The molecular formula is C17H19NO3. The molecule has 1 amide bonds. The minimum absolute atomic E-state index is 0.0411. The number of nitrogens with one attached hydrogen (secondary N) is 1. The maximum Gasteiger partial charge on any atom is 0.216 e. The van der Waals surface area contributed by atoms with Gasteiger partial charge in [-0.05, 0) is 40.3 Å². The summed E-state index contributed by atoms with van der Waals surface area (Å²) < 4.78 is 0. The summed E-state index contributed by atoms with van der Waals surface area (Å²) in [6.07, 6.45) is 0.0236. The molecule has 1 aliphatic rings. The first-order chi connectivity index (χ1) is 10.1. The van der Waals surface area contributed by atoms with E-state index in [0.717, 1.165) is 23.8 Å². The average Bonchev–Trinajstić information content (AvgIpc) is 2.90. The third kappa shape index (κ3) is 2.52. The van der Waals surface area contributed by atoms with Crippen molar-refractivity contribution in [1.82, 2.24) is 5.32 Å². The summed E-state index contributed by atoms with van der Waals surface area (Å²) in [5.41, 5.74) is 3.32. The van der Waals surface area contributed by atoms with Crippen LogP contribution in [-0.4, -0.2) is 28.8 Å². The van der Waals surface area contributed by atoms with Gasteiger partial charge in [-0.3, -0.25) is 4.79 Å². The number of hydrogen-bond donors (Lipinski definition) is 3. The van der Waals surface area contributed by atoms with E-state index in [1.54, 1.807) is 0 Å². The van der Waals surface area contributed by atoms with Crippen LogP contribution in [0.25, 0.3) is 10.8 Å². The zero-order valence-corrected chi connectivity index (χ0v) is 12.0. The van der Waals surface area contributed by atoms with Gasteiger partial charge in [0.25, 0.3) is 0 Å². The molecule has 1 aliphatic carbocycles. The van der Waals surface area contributed by atoms with Crippen LogP contribution in [0.5, 0.6) is 0 Å². The summed E-state index contributed by atoms with van der Waals surface area (Å²) in [6, 6.07) is 10.0. The normalized spacial score (nSPS) is 16.0. The molecule has 0 spiro atoms. The van der Waals surface area contributed by atoms with Crippen molar-refractivity contribution in [1.29, 1.82) is 0 Å². The second-order valence-electron chi connectivity index (χ2n) is 5.60. The number of carbonyl (C=O) groups excluding carboxylic acids is 1. The van der Waals surface area contributed by atoms with Crippen LogP contribution in [0.1, 0.15) is 29.7 Å². The highest BCUT2D eigenvalue weighted by Crippen LogP contribution is 2.35. The maximum absolute atomic E-state index is 10.9. The number of hydrogen-bond acceptors (Lipinski definition) is 3. The van der Waals surface area contributed by atoms with Gasteiger partial charge in [-0.2, -0.15) is 0 Å². The molecule has 0 aliphatic heterocycles. The van der Waals surface area contributed by atoms with E-state index < -0.39 is 12.2 Å². The monoisotopic (exact) mass is 285 g/mol. The quantitative estimate of drug-likeness (QED) is 0.796. The molecule has 21 heavy (non-hydrogen) atoms. The fourth-order valence-corrected chi connectivity index (χ4v) is 3.09. The largest absolute Gasteiger partial charge is 0.388 e. The Morgan fingerprint density at radius 1 is 1.19 bits per heavy atom. The summed E-state index contributed by atoms with van der Waals surface area (Å²) >= 11 is 0. The number of carbonyl (C=O) groups is 1. The third-order valence-corrected chi connectivity index (χ3v) is 4.15. The van der Waals surface area contributed by atoms with Crippen LogP contribution in [0.4, 0.5) is 0 Å². The van der Waals surface area contributed by atoms with Crippen molar-refractivity contribution in [3.8, 4) is 0 Å². The molecular weight excluding hydrogens is 266 g/mol. The minimum Gasteiger partial charge on any atom is -0.388 e. The van der Waals surface area contributed by atoms with Gasteiger partial charge in [0.15, 0.2) is 0 Å². The lowest BCUT2D eigenvalue weighted by Crippen LogP contribution is -2.34. The van der Waals surface area contributed by atoms with Gasteiger partial charge < -0.3 is 15.5 Å². The second-order valence-corrected chi connectivity index (χ2v) is 5.60. The summed E-state index contributed by atoms with van der Waals surface area (Å²) in [4.78, 5) is 10.9. The fourth-order valence-electron chi connectivity index (χ4n) is 3.09. The standard InChI is InChI=1S/C17H19NO3/c1-10(19)18-9-15(20)17(21)14-8-7-12-6-5-11-3-2-4-13(14)16(11)12/h2-4,7-8,15,17,20-21H,5-6,9H2,1H3,(H,18,19). The first-order valence-electron chi connectivity index (χ1n) is 7.22. The van der Waals surface area contributed by atoms with E-state index in [2.05, 4.69) is 11.4 Å². The van der Waals surface area contributed by atoms with Crippen LogP contribution in [-0.2, 0) is 17.6 Å². The molecule has 0 aromatic heterocycles. The van der Waals surface area contributed by atoms with Crippen molar-refractivity contribution in [3.63, 3.8) is 0 Å². The van der Waals surface area contributed by atoms with Crippen molar-refractivity contribution < 1.29 is 15.0 Å². The molecule has 0 saturated heterocycles. The minimum atomic E-state index is -1.02. The van der Waals surface area contributed by atoms with Crippen LogP contribution in [0.2, 0.25) is 0 Å². The van der Waals surface area contributed by atoms with Gasteiger partial charge >= 0.3 is 0 Å². The highest BCUT2D eigenvalue weighted by atomic mass is 16.3. The Morgan fingerprint density at radius 3 is 2.62 bits per heavy atom. The molecule has 110 valence electrons. The SMILES string of the molecule is CC(=O)NCC(O)C(O)c1ccc2c3c(cccc13)CC2. The Bertz CT molecular complexity index is 685. The Balaban J connectivity index is 1.96. The predicted octanol–water partition coefficient (Wildman–Crippen LogP) is 1.47. The maximum atomic E-state index is 10.9. The van der Waals surface area contributed by atoms with Gasteiger partial charge in [0.05, 0.1) is 0 Å². The summed E-state index contributed by atoms with van der Waals surface area (Å²) in [5, 5.41) is 25.2. The molecule has 3 N–H and O–H groups in total. The Labute approximate surface area is 123 Å². The Morgan fingerprint density at radius 2 is 1.90 bits per heavy atom. The molecule has 3 rings (SSSR count). The Kier molecular flexibility index (Phi) is 3.66. The molecule has 0 heterocycles. The molecule has 2 unspecified atom stereocenters. The van der Waals surface area contributed by atoms with E-state index in [1.807, 2.05) is 24.3 Å². The van der Waals surface area contributed by atoms with Crippen LogP contribution in [0, 0.1) is 0 Å². The van der Waals surface area contributed by atoms with Gasteiger partial charge in [0.2, 0.25) is 5.91 Å². The predicted molar refractivity (Wildman–Crippen MR) is 81.0 cm³/mol. The highest BCUT2D eigenvalue weighted by Gasteiger charge is 2.23. The molecule has 0 saturated carbocycles. The van der Waals surface area contributed by atoms with Gasteiger partial charge in [0, 0.05) is 13.5 Å². The van der Waals surface area contributed by atoms with Crippen molar-refractivity contribution >= 4 is 16.7 Å². The van der Waals surface area contributed by atoms with E-state index in [1.165, 1.54) is 23.4 Å². The average molecular weight is 285 g/mol.